The van der Waals surface area contributed by atoms with Crippen LogP contribution in [0, 0.1) is 12.7 Å². The molecule has 0 radical (unpaired) electrons. The second kappa shape index (κ2) is 8.25. The zero-order chi connectivity index (χ0) is 19.4. The summed E-state index contributed by atoms with van der Waals surface area (Å²) in [5.74, 6) is 2.06. The van der Waals surface area contributed by atoms with Crippen molar-refractivity contribution < 1.29 is 13.9 Å². The van der Waals surface area contributed by atoms with Gasteiger partial charge in [-0.1, -0.05) is 6.07 Å². The molecule has 5 heteroatoms. The van der Waals surface area contributed by atoms with Gasteiger partial charge >= 0.3 is 0 Å². The van der Waals surface area contributed by atoms with Gasteiger partial charge in [0.15, 0.2) is 11.5 Å². The molecule has 0 spiro atoms. The standard InChI is InChI=1S/C14H15NO2.C8H10FN/c1-16-13-7-11-10(9-3-4-9)5-6-15-12(11)8-14(13)17-2;1-6-3-4-7(10-2)5-8(6)9/h5-9H,3-4H2,1-2H3;3-5,10H,1-2H3. The Kier molecular flexibility index (Phi) is 5.79. The molecule has 4 rings (SSSR count). The molecule has 0 amide bonds. The van der Waals surface area contributed by atoms with Crippen molar-refractivity contribution >= 4 is 16.6 Å². The molecule has 2 aromatic carbocycles. The quantitative estimate of drug-likeness (QED) is 0.678. The minimum absolute atomic E-state index is 0.160. The fourth-order valence-corrected chi connectivity index (χ4v) is 2.99. The fourth-order valence-electron chi connectivity index (χ4n) is 2.99. The lowest BCUT2D eigenvalue weighted by atomic mass is 10.0. The maximum atomic E-state index is 12.7. The molecule has 1 fully saturated rings. The van der Waals surface area contributed by atoms with Crippen molar-refractivity contribution in [2.45, 2.75) is 25.7 Å². The van der Waals surface area contributed by atoms with Crippen LogP contribution in [-0.4, -0.2) is 26.3 Å². The van der Waals surface area contributed by atoms with Gasteiger partial charge in [0.2, 0.25) is 0 Å². The van der Waals surface area contributed by atoms with Gasteiger partial charge in [0.05, 0.1) is 19.7 Å². The van der Waals surface area contributed by atoms with Crippen molar-refractivity contribution in [1.82, 2.24) is 4.98 Å². The van der Waals surface area contributed by atoms with Gasteiger partial charge in [-0.3, -0.25) is 4.98 Å². The van der Waals surface area contributed by atoms with Gasteiger partial charge < -0.3 is 14.8 Å². The van der Waals surface area contributed by atoms with Gasteiger partial charge in [0.1, 0.15) is 5.82 Å². The summed E-state index contributed by atoms with van der Waals surface area (Å²) in [6.07, 6.45) is 4.45. The Morgan fingerprint density at radius 3 is 2.33 bits per heavy atom. The molecule has 1 aliphatic carbocycles. The van der Waals surface area contributed by atoms with E-state index in [1.54, 1.807) is 34.3 Å². The molecule has 27 heavy (non-hydrogen) atoms. The first-order valence-corrected chi connectivity index (χ1v) is 9.02. The third-order valence-electron chi connectivity index (χ3n) is 4.76. The predicted octanol–water partition coefficient (Wildman–Crippen LogP) is 5.31. The fraction of sp³-hybridized carbons (Fsp3) is 0.318. The molecule has 1 heterocycles. The summed E-state index contributed by atoms with van der Waals surface area (Å²) in [5, 5.41) is 4.04. The number of hydrogen-bond acceptors (Lipinski definition) is 4. The number of hydrogen-bond donors (Lipinski definition) is 1. The Morgan fingerprint density at radius 2 is 1.74 bits per heavy atom. The lowest BCUT2D eigenvalue weighted by Gasteiger charge is -2.11. The molecular formula is C22H25FN2O2. The number of ether oxygens (including phenoxy) is 2. The highest BCUT2D eigenvalue weighted by Crippen LogP contribution is 2.44. The van der Waals surface area contributed by atoms with E-state index < -0.39 is 0 Å². The Morgan fingerprint density at radius 1 is 1.04 bits per heavy atom. The van der Waals surface area contributed by atoms with Crippen LogP contribution in [0.4, 0.5) is 10.1 Å². The first-order valence-electron chi connectivity index (χ1n) is 9.02. The molecule has 1 aliphatic rings. The van der Waals surface area contributed by atoms with Crippen LogP contribution in [0.25, 0.3) is 10.9 Å². The summed E-state index contributed by atoms with van der Waals surface area (Å²) >= 11 is 0. The lowest BCUT2D eigenvalue weighted by Crippen LogP contribution is -1.93. The van der Waals surface area contributed by atoms with Gasteiger partial charge in [0.25, 0.3) is 0 Å². The Balaban J connectivity index is 0.000000180. The van der Waals surface area contributed by atoms with Crippen LogP contribution in [0.3, 0.4) is 0 Å². The molecule has 0 aliphatic heterocycles. The van der Waals surface area contributed by atoms with E-state index in [1.807, 2.05) is 24.4 Å². The molecule has 3 aromatic rings. The minimum atomic E-state index is -0.160. The van der Waals surface area contributed by atoms with Crippen molar-refractivity contribution in [2.75, 3.05) is 26.6 Å². The van der Waals surface area contributed by atoms with Gasteiger partial charge in [-0.25, -0.2) is 4.39 Å². The minimum Gasteiger partial charge on any atom is -0.493 e. The summed E-state index contributed by atoms with van der Waals surface area (Å²) in [4.78, 5) is 4.40. The van der Waals surface area contributed by atoms with Gasteiger partial charge in [-0.05, 0) is 61.1 Å². The van der Waals surface area contributed by atoms with Crippen molar-refractivity contribution in [1.29, 1.82) is 0 Å². The number of aryl methyl sites for hydroxylation is 1. The van der Waals surface area contributed by atoms with Gasteiger partial charge in [0, 0.05) is 30.4 Å². The summed E-state index contributed by atoms with van der Waals surface area (Å²) in [5.41, 5.74) is 3.85. The van der Waals surface area contributed by atoms with E-state index in [-0.39, 0.29) is 5.82 Å². The second-order valence-corrected chi connectivity index (χ2v) is 6.61. The maximum Gasteiger partial charge on any atom is 0.162 e. The van der Waals surface area contributed by atoms with Crippen LogP contribution in [-0.2, 0) is 0 Å². The highest BCUT2D eigenvalue weighted by Gasteiger charge is 2.25. The third kappa shape index (κ3) is 4.30. The number of anilines is 1. The molecule has 0 bridgehead atoms. The van der Waals surface area contributed by atoms with Crippen molar-refractivity contribution in [3.63, 3.8) is 0 Å². The molecule has 1 N–H and O–H groups in total. The van der Waals surface area contributed by atoms with Crippen LogP contribution in [0.5, 0.6) is 11.5 Å². The maximum absolute atomic E-state index is 12.7. The second-order valence-electron chi connectivity index (χ2n) is 6.61. The zero-order valence-corrected chi connectivity index (χ0v) is 16.2. The van der Waals surface area contributed by atoms with Gasteiger partial charge in [-0.15, -0.1) is 0 Å². The monoisotopic (exact) mass is 368 g/mol. The average Bonchev–Trinajstić information content (AvgIpc) is 3.54. The topological polar surface area (TPSA) is 43.4 Å². The summed E-state index contributed by atoms with van der Waals surface area (Å²) < 4.78 is 23.4. The van der Waals surface area contributed by atoms with Gasteiger partial charge in [-0.2, -0.15) is 0 Å². The van der Waals surface area contributed by atoms with Crippen LogP contribution in [0.15, 0.2) is 42.6 Å². The normalized spacial score (nSPS) is 12.9. The number of rotatable bonds is 4. The number of benzene rings is 2. The third-order valence-corrected chi connectivity index (χ3v) is 4.76. The molecule has 4 nitrogen and oxygen atoms in total. The van der Waals surface area contributed by atoms with Crippen molar-refractivity contribution in [3.8, 4) is 11.5 Å². The number of pyridine rings is 1. The first kappa shape index (κ1) is 19.0. The molecule has 1 aromatic heterocycles. The molecular weight excluding hydrogens is 343 g/mol. The summed E-state index contributed by atoms with van der Waals surface area (Å²) in [7, 11) is 5.08. The van der Waals surface area contributed by atoms with E-state index in [0.29, 0.717) is 11.5 Å². The van der Waals surface area contributed by atoms with E-state index in [9.17, 15) is 4.39 Å². The van der Waals surface area contributed by atoms with E-state index in [2.05, 4.69) is 16.4 Å². The smallest absolute Gasteiger partial charge is 0.162 e. The van der Waals surface area contributed by atoms with E-state index in [1.165, 1.54) is 29.9 Å². The SMILES string of the molecule is CNc1ccc(C)c(F)c1.COc1cc2nccc(C3CC3)c2cc1OC. The summed E-state index contributed by atoms with van der Waals surface area (Å²) in [6, 6.07) is 11.2. The number of nitrogens with one attached hydrogen (secondary N) is 1. The Hall–Kier alpha value is -2.82. The van der Waals surface area contributed by atoms with E-state index in [0.717, 1.165) is 22.7 Å². The molecule has 0 atom stereocenters. The van der Waals surface area contributed by atoms with E-state index in [4.69, 9.17) is 9.47 Å². The number of aromatic nitrogens is 1. The zero-order valence-electron chi connectivity index (χ0n) is 16.2. The van der Waals surface area contributed by atoms with Crippen LogP contribution < -0.4 is 14.8 Å². The molecule has 0 unspecified atom stereocenters. The highest BCUT2D eigenvalue weighted by atomic mass is 19.1. The lowest BCUT2D eigenvalue weighted by molar-refractivity contribution is 0.356. The number of fused-ring (bicyclic) bond motifs is 1. The largest absolute Gasteiger partial charge is 0.493 e. The van der Waals surface area contributed by atoms with Crippen LogP contribution in [0.1, 0.15) is 29.9 Å². The van der Waals surface area contributed by atoms with E-state index >= 15 is 0 Å². The number of nitrogens with zero attached hydrogens (tertiary/aromatic N) is 1. The first-order chi connectivity index (χ1) is 13.1. The van der Waals surface area contributed by atoms with Crippen LogP contribution >= 0.6 is 0 Å². The Labute approximate surface area is 159 Å². The Bertz CT molecular complexity index is 939. The molecule has 0 saturated heterocycles. The molecule has 142 valence electrons. The predicted molar refractivity (Wildman–Crippen MR) is 108 cm³/mol. The highest BCUT2D eigenvalue weighted by molar-refractivity contribution is 5.86. The number of methoxy groups -OCH3 is 2. The van der Waals surface area contributed by atoms with Crippen molar-refractivity contribution in [3.05, 3.63) is 59.5 Å². The average molecular weight is 368 g/mol. The molecule has 1 saturated carbocycles. The van der Waals surface area contributed by atoms with Crippen molar-refractivity contribution in [2.24, 2.45) is 0 Å². The number of halogens is 1. The van der Waals surface area contributed by atoms with Crippen LogP contribution in [0.2, 0.25) is 0 Å². The summed E-state index contributed by atoms with van der Waals surface area (Å²) in [6.45, 7) is 1.74.